The maximum absolute atomic E-state index is 13.5. The molecule has 1 aromatic rings. The second-order valence-electron chi connectivity index (χ2n) is 3.68. The summed E-state index contributed by atoms with van der Waals surface area (Å²) >= 11 is 0. The fourth-order valence-electron chi connectivity index (χ4n) is 1.48. The number of likely N-dealkylation sites (N-methyl/N-ethyl adjacent to an activating group) is 1. The summed E-state index contributed by atoms with van der Waals surface area (Å²) in [5, 5.41) is 6.12. The highest BCUT2D eigenvalue weighted by molar-refractivity contribution is 5.31. The van der Waals surface area contributed by atoms with Gasteiger partial charge in [-0.3, -0.25) is 0 Å². The third-order valence-electron chi connectivity index (χ3n) is 2.44. The summed E-state index contributed by atoms with van der Waals surface area (Å²) in [5.41, 5.74) is 0.361. The highest BCUT2D eigenvalue weighted by Crippen LogP contribution is 2.21. The van der Waals surface area contributed by atoms with Crippen molar-refractivity contribution in [3.63, 3.8) is 0 Å². The van der Waals surface area contributed by atoms with Crippen LogP contribution in [0.4, 0.5) is 8.78 Å². The second kappa shape index (κ2) is 7.19. The van der Waals surface area contributed by atoms with Gasteiger partial charge < -0.3 is 15.4 Å². The van der Waals surface area contributed by atoms with E-state index < -0.39 is 11.6 Å². The van der Waals surface area contributed by atoms with Gasteiger partial charge in [0, 0.05) is 19.2 Å². The first-order valence-corrected chi connectivity index (χ1v) is 5.56. The van der Waals surface area contributed by atoms with Crippen LogP contribution in [0.2, 0.25) is 0 Å². The first kappa shape index (κ1) is 13.9. The van der Waals surface area contributed by atoms with Crippen molar-refractivity contribution < 1.29 is 13.5 Å². The summed E-state index contributed by atoms with van der Waals surface area (Å²) in [5.74, 6) is -1.02. The van der Waals surface area contributed by atoms with Gasteiger partial charge in [0.1, 0.15) is 5.82 Å². The molecule has 0 bridgehead atoms. The van der Waals surface area contributed by atoms with Crippen molar-refractivity contribution in [2.24, 2.45) is 0 Å². The van der Waals surface area contributed by atoms with Crippen molar-refractivity contribution >= 4 is 0 Å². The summed E-state index contributed by atoms with van der Waals surface area (Å²) in [6.45, 7) is 2.26. The lowest BCUT2D eigenvalue weighted by atomic mass is 10.1. The maximum Gasteiger partial charge on any atom is 0.165 e. The molecule has 1 aromatic carbocycles. The number of ether oxygens (including phenoxy) is 1. The summed E-state index contributed by atoms with van der Waals surface area (Å²) < 4.78 is 31.5. The van der Waals surface area contributed by atoms with Crippen molar-refractivity contribution in [2.45, 2.75) is 6.42 Å². The summed E-state index contributed by atoms with van der Waals surface area (Å²) in [6, 6.07) is 2.27. The van der Waals surface area contributed by atoms with Crippen LogP contribution in [0.5, 0.6) is 5.75 Å². The van der Waals surface area contributed by atoms with Gasteiger partial charge >= 0.3 is 0 Å². The molecule has 0 aliphatic carbocycles. The molecule has 17 heavy (non-hydrogen) atoms. The van der Waals surface area contributed by atoms with Gasteiger partial charge in [0.2, 0.25) is 0 Å². The van der Waals surface area contributed by atoms with Gasteiger partial charge in [-0.15, -0.1) is 0 Å². The largest absolute Gasteiger partial charge is 0.494 e. The van der Waals surface area contributed by atoms with E-state index in [4.69, 9.17) is 4.74 Å². The quantitative estimate of drug-likeness (QED) is 0.710. The smallest absolute Gasteiger partial charge is 0.165 e. The van der Waals surface area contributed by atoms with Crippen LogP contribution in [0.15, 0.2) is 12.1 Å². The molecule has 2 N–H and O–H groups in total. The van der Waals surface area contributed by atoms with Crippen LogP contribution in [0.1, 0.15) is 5.56 Å². The molecular formula is C12H18F2N2O. The van der Waals surface area contributed by atoms with Crippen molar-refractivity contribution in [1.29, 1.82) is 0 Å². The SMILES string of the molecule is CNCCNCCc1cc(F)c(OC)cc1F. The number of benzene rings is 1. The molecular weight excluding hydrogens is 226 g/mol. The molecule has 0 saturated heterocycles. The van der Waals surface area contributed by atoms with Gasteiger partial charge in [-0.1, -0.05) is 0 Å². The number of nitrogens with one attached hydrogen (secondary N) is 2. The van der Waals surface area contributed by atoms with E-state index in [2.05, 4.69) is 10.6 Å². The molecule has 0 saturated carbocycles. The second-order valence-corrected chi connectivity index (χ2v) is 3.68. The first-order valence-electron chi connectivity index (χ1n) is 5.56. The molecule has 0 atom stereocenters. The Morgan fingerprint density at radius 3 is 2.53 bits per heavy atom. The van der Waals surface area contributed by atoms with Crippen molar-refractivity contribution in [3.8, 4) is 5.75 Å². The molecule has 0 spiro atoms. The first-order chi connectivity index (χ1) is 8.19. The Balaban J connectivity index is 2.51. The molecule has 3 nitrogen and oxygen atoms in total. The van der Waals surface area contributed by atoms with Gasteiger partial charge in [-0.2, -0.15) is 0 Å². The number of methoxy groups -OCH3 is 1. The van der Waals surface area contributed by atoms with E-state index in [0.717, 1.165) is 19.2 Å². The van der Waals surface area contributed by atoms with Gasteiger partial charge in [0.25, 0.3) is 0 Å². The lowest BCUT2D eigenvalue weighted by molar-refractivity contribution is 0.381. The predicted molar refractivity (Wildman–Crippen MR) is 63.4 cm³/mol. The Bertz CT molecular complexity index is 359. The van der Waals surface area contributed by atoms with E-state index >= 15 is 0 Å². The highest BCUT2D eigenvalue weighted by atomic mass is 19.1. The summed E-state index contributed by atoms with van der Waals surface area (Å²) in [6.07, 6.45) is 0.455. The van der Waals surface area contributed by atoms with Gasteiger partial charge in [0.15, 0.2) is 11.6 Å². The number of hydrogen-bond donors (Lipinski definition) is 2. The van der Waals surface area contributed by atoms with E-state index in [0.29, 0.717) is 18.5 Å². The maximum atomic E-state index is 13.5. The summed E-state index contributed by atoms with van der Waals surface area (Å²) in [7, 11) is 3.18. The Kier molecular flexibility index (Phi) is 5.86. The third kappa shape index (κ3) is 4.28. The normalized spacial score (nSPS) is 10.6. The molecule has 0 unspecified atom stereocenters. The van der Waals surface area contributed by atoms with Crippen LogP contribution < -0.4 is 15.4 Å². The summed E-state index contributed by atoms with van der Waals surface area (Å²) in [4.78, 5) is 0. The van der Waals surface area contributed by atoms with Crippen LogP contribution in [0, 0.1) is 11.6 Å². The zero-order valence-electron chi connectivity index (χ0n) is 10.1. The lowest BCUT2D eigenvalue weighted by Crippen LogP contribution is -2.26. The van der Waals surface area contributed by atoms with Crippen LogP contribution in [0.25, 0.3) is 0 Å². The topological polar surface area (TPSA) is 33.3 Å². The van der Waals surface area contributed by atoms with Gasteiger partial charge in [0.05, 0.1) is 7.11 Å². The van der Waals surface area contributed by atoms with E-state index in [1.165, 1.54) is 13.2 Å². The van der Waals surface area contributed by atoms with Gasteiger partial charge in [-0.25, -0.2) is 8.78 Å². The predicted octanol–water partition coefficient (Wildman–Crippen LogP) is 1.32. The molecule has 0 aliphatic rings. The Hall–Kier alpha value is -1.20. The Labute approximate surface area is 100 Å². The molecule has 96 valence electrons. The fraction of sp³-hybridized carbons (Fsp3) is 0.500. The van der Waals surface area contributed by atoms with E-state index in [9.17, 15) is 8.78 Å². The van der Waals surface area contributed by atoms with Crippen LogP contribution >= 0.6 is 0 Å². The minimum absolute atomic E-state index is 0.0607. The highest BCUT2D eigenvalue weighted by Gasteiger charge is 2.09. The fourth-order valence-corrected chi connectivity index (χ4v) is 1.48. The molecule has 1 rings (SSSR count). The molecule has 0 aliphatic heterocycles. The van der Waals surface area contributed by atoms with Crippen molar-refractivity contribution in [1.82, 2.24) is 10.6 Å². The van der Waals surface area contributed by atoms with E-state index in [-0.39, 0.29) is 5.75 Å². The van der Waals surface area contributed by atoms with Crippen LogP contribution in [-0.4, -0.2) is 33.8 Å². The minimum Gasteiger partial charge on any atom is -0.494 e. The minimum atomic E-state index is -0.529. The Morgan fingerprint density at radius 1 is 1.12 bits per heavy atom. The number of halogens is 2. The van der Waals surface area contributed by atoms with E-state index in [1.807, 2.05) is 7.05 Å². The third-order valence-corrected chi connectivity index (χ3v) is 2.44. The zero-order chi connectivity index (χ0) is 12.7. The van der Waals surface area contributed by atoms with Crippen LogP contribution in [0.3, 0.4) is 0 Å². The number of hydrogen-bond acceptors (Lipinski definition) is 3. The van der Waals surface area contributed by atoms with Crippen molar-refractivity contribution in [2.75, 3.05) is 33.8 Å². The number of rotatable bonds is 7. The molecule has 0 amide bonds. The molecule has 0 radical (unpaired) electrons. The van der Waals surface area contributed by atoms with Crippen LogP contribution in [-0.2, 0) is 6.42 Å². The molecule has 0 aromatic heterocycles. The average Bonchev–Trinajstić information content (AvgIpc) is 2.32. The standard InChI is InChI=1S/C12H18F2N2O/c1-15-5-6-16-4-3-9-7-11(14)12(17-2)8-10(9)13/h7-8,15-16H,3-6H2,1-2H3. The average molecular weight is 244 g/mol. The van der Waals surface area contributed by atoms with E-state index in [1.54, 1.807) is 0 Å². The Morgan fingerprint density at radius 2 is 1.88 bits per heavy atom. The zero-order valence-corrected chi connectivity index (χ0v) is 10.1. The monoisotopic (exact) mass is 244 g/mol. The molecule has 0 heterocycles. The van der Waals surface area contributed by atoms with Crippen molar-refractivity contribution in [3.05, 3.63) is 29.3 Å². The molecule has 0 fully saturated rings. The lowest BCUT2D eigenvalue weighted by Gasteiger charge is -2.08. The van der Waals surface area contributed by atoms with Gasteiger partial charge in [-0.05, 0) is 31.6 Å². The molecule has 5 heteroatoms.